The SMILES string of the molecule is CC(=O)Nc1cccc(/C(C)=N/NC(=O)c2ccccc2N(Cc2ccccc2)S(C)(=O)=O)c1. The normalized spacial score (nSPS) is 11.6. The zero-order valence-electron chi connectivity index (χ0n) is 19.1. The molecule has 0 aromatic heterocycles. The van der Waals surface area contributed by atoms with Crippen LogP contribution in [0, 0.1) is 0 Å². The molecule has 0 radical (unpaired) electrons. The number of carbonyl (C=O) groups is 2. The Morgan fingerprint density at radius 2 is 1.59 bits per heavy atom. The molecule has 2 N–H and O–H groups in total. The van der Waals surface area contributed by atoms with E-state index in [2.05, 4.69) is 15.8 Å². The number of anilines is 2. The van der Waals surface area contributed by atoms with Gasteiger partial charge >= 0.3 is 0 Å². The molecule has 2 amide bonds. The fourth-order valence-corrected chi connectivity index (χ4v) is 4.20. The Kier molecular flexibility index (Phi) is 7.80. The van der Waals surface area contributed by atoms with Crippen LogP contribution in [0.3, 0.4) is 0 Å². The van der Waals surface area contributed by atoms with Crippen LogP contribution in [0.4, 0.5) is 11.4 Å². The molecule has 3 aromatic carbocycles. The summed E-state index contributed by atoms with van der Waals surface area (Å²) >= 11 is 0. The molecule has 0 aliphatic carbocycles. The van der Waals surface area contributed by atoms with Crippen molar-refractivity contribution in [3.8, 4) is 0 Å². The minimum atomic E-state index is -3.68. The van der Waals surface area contributed by atoms with Crippen molar-refractivity contribution in [3.63, 3.8) is 0 Å². The number of rotatable bonds is 8. The van der Waals surface area contributed by atoms with Crippen molar-refractivity contribution >= 4 is 38.9 Å². The maximum Gasteiger partial charge on any atom is 0.273 e. The van der Waals surface area contributed by atoms with E-state index in [4.69, 9.17) is 0 Å². The quantitative estimate of drug-likeness (QED) is 0.380. The van der Waals surface area contributed by atoms with Crippen molar-refractivity contribution in [2.24, 2.45) is 5.10 Å². The lowest BCUT2D eigenvalue weighted by molar-refractivity contribution is -0.114. The lowest BCUT2D eigenvalue weighted by atomic mass is 10.1. The lowest BCUT2D eigenvalue weighted by Crippen LogP contribution is -2.32. The second-order valence-electron chi connectivity index (χ2n) is 7.67. The van der Waals surface area contributed by atoms with Crippen molar-refractivity contribution in [3.05, 3.63) is 95.6 Å². The predicted molar refractivity (Wildman–Crippen MR) is 134 cm³/mol. The molecule has 0 saturated heterocycles. The van der Waals surface area contributed by atoms with Crippen LogP contribution in [0.5, 0.6) is 0 Å². The van der Waals surface area contributed by atoms with Crippen LogP contribution in [0.2, 0.25) is 0 Å². The Bertz CT molecular complexity index is 1320. The second kappa shape index (κ2) is 10.8. The smallest absolute Gasteiger partial charge is 0.273 e. The van der Waals surface area contributed by atoms with Gasteiger partial charge in [0.05, 0.1) is 29.8 Å². The summed E-state index contributed by atoms with van der Waals surface area (Å²) < 4.78 is 26.4. The summed E-state index contributed by atoms with van der Waals surface area (Å²) in [5, 5.41) is 6.88. The van der Waals surface area contributed by atoms with Crippen LogP contribution in [-0.4, -0.2) is 32.2 Å². The highest BCUT2D eigenvalue weighted by Crippen LogP contribution is 2.25. The fraction of sp³-hybridized carbons (Fsp3) is 0.160. The average molecular weight is 479 g/mol. The summed E-state index contributed by atoms with van der Waals surface area (Å²) in [6.07, 6.45) is 1.11. The molecule has 0 fully saturated rings. The first-order valence-electron chi connectivity index (χ1n) is 10.5. The highest BCUT2D eigenvalue weighted by atomic mass is 32.2. The highest BCUT2D eigenvalue weighted by Gasteiger charge is 2.23. The van der Waals surface area contributed by atoms with Gasteiger partial charge in [0, 0.05) is 12.6 Å². The number of nitrogens with one attached hydrogen (secondary N) is 2. The molecule has 0 atom stereocenters. The molecule has 0 unspecified atom stereocenters. The van der Waals surface area contributed by atoms with Gasteiger partial charge in [-0.1, -0.05) is 54.6 Å². The van der Waals surface area contributed by atoms with Crippen LogP contribution in [-0.2, 0) is 21.4 Å². The molecule has 9 heteroatoms. The van der Waals surface area contributed by atoms with E-state index >= 15 is 0 Å². The van der Waals surface area contributed by atoms with E-state index < -0.39 is 15.9 Å². The number of sulfonamides is 1. The largest absolute Gasteiger partial charge is 0.326 e. The standard InChI is InChI=1S/C25H26N4O4S/c1-18(21-12-9-13-22(16-21)26-19(2)30)27-28-25(31)23-14-7-8-15-24(23)29(34(3,32)33)17-20-10-5-4-6-11-20/h4-16H,17H2,1-3H3,(H,26,30)(H,28,31)/b27-18+. The molecule has 34 heavy (non-hydrogen) atoms. The molecule has 0 bridgehead atoms. The molecular weight excluding hydrogens is 452 g/mol. The van der Waals surface area contributed by atoms with Crippen molar-refractivity contribution in [2.75, 3.05) is 15.9 Å². The molecule has 0 aliphatic rings. The fourth-order valence-electron chi connectivity index (χ4n) is 3.30. The monoisotopic (exact) mass is 478 g/mol. The number of para-hydroxylation sites is 1. The first kappa shape index (κ1) is 24.7. The minimum absolute atomic E-state index is 0.0855. The third kappa shape index (κ3) is 6.52. The summed E-state index contributed by atoms with van der Waals surface area (Å²) in [5.41, 5.74) is 5.56. The highest BCUT2D eigenvalue weighted by molar-refractivity contribution is 7.92. The van der Waals surface area contributed by atoms with Gasteiger partial charge in [-0.2, -0.15) is 5.10 Å². The van der Waals surface area contributed by atoms with E-state index in [9.17, 15) is 18.0 Å². The van der Waals surface area contributed by atoms with Gasteiger partial charge in [-0.05, 0) is 42.3 Å². The maximum atomic E-state index is 13.0. The number of carbonyl (C=O) groups excluding carboxylic acids is 2. The molecule has 0 heterocycles. The van der Waals surface area contributed by atoms with Crippen molar-refractivity contribution in [1.82, 2.24) is 5.43 Å². The molecule has 3 rings (SSSR count). The number of hydrogen-bond donors (Lipinski definition) is 2. The molecule has 8 nitrogen and oxygen atoms in total. The van der Waals surface area contributed by atoms with Gasteiger partial charge in [0.2, 0.25) is 15.9 Å². The van der Waals surface area contributed by atoms with E-state index in [1.807, 2.05) is 30.3 Å². The lowest BCUT2D eigenvalue weighted by Gasteiger charge is -2.24. The molecule has 176 valence electrons. The topological polar surface area (TPSA) is 108 Å². The third-order valence-electron chi connectivity index (χ3n) is 4.91. The number of nitrogens with zero attached hydrogens (tertiary/aromatic N) is 2. The Morgan fingerprint density at radius 3 is 2.26 bits per heavy atom. The van der Waals surface area contributed by atoms with E-state index in [-0.39, 0.29) is 23.7 Å². The van der Waals surface area contributed by atoms with Crippen LogP contribution in [0.1, 0.15) is 35.3 Å². The molecule has 0 aliphatic heterocycles. The van der Waals surface area contributed by atoms with E-state index in [1.165, 1.54) is 11.2 Å². The Balaban J connectivity index is 1.87. The van der Waals surface area contributed by atoms with Crippen LogP contribution >= 0.6 is 0 Å². The second-order valence-corrected chi connectivity index (χ2v) is 9.58. The number of hydrogen-bond acceptors (Lipinski definition) is 5. The summed E-state index contributed by atoms with van der Waals surface area (Å²) in [6.45, 7) is 3.22. The van der Waals surface area contributed by atoms with Gasteiger partial charge in [0.15, 0.2) is 0 Å². The number of hydrazone groups is 1. The third-order valence-corrected chi connectivity index (χ3v) is 6.04. The van der Waals surface area contributed by atoms with E-state index in [0.717, 1.165) is 11.8 Å². The molecule has 0 saturated carbocycles. The summed E-state index contributed by atoms with van der Waals surface area (Å²) in [4.78, 5) is 24.3. The Hall–Kier alpha value is -3.98. The van der Waals surface area contributed by atoms with E-state index in [0.29, 0.717) is 17.0 Å². The van der Waals surface area contributed by atoms with Crippen LogP contribution < -0.4 is 15.0 Å². The number of amides is 2. The molecule has 0 spiro atoms. The number of benzene rings is 3. The van der Waals surface area contributed by atoms with Gasteiger partial charge in [-0.15, -0.1) is 0 Å². The maximum absolute atomic E-state index is 13.0. The van der Waals surface area contributed by atoms with E-state index in [1.54, 1.807) is 55.5 Å². The van der Waals surface area contributed by atoms with Gasteiger partial charge in [0.1, 0.15) is 0 Å². The Labute approximate surface area is 199 Å². The minimum Gasteiger partial charge on any atom is -0.326 e. The zero-order chi connectivity index (χ0) is 24.7. The van der Waals surface area contributed by atoms with Gasteiger partial charge in [-0.3, -0.25) is 13.9 Å². The zero-order valence-corrected chi connectivity index (χ0v) is 20.0. The van der Waals surface area contributed by atoms with Gasteiger partial charge in [0.25, 0.3) is 5.91 Å². The summed E-state index contributed by atoms with van der Waals surface area (Å²) in [6, 6.07) is 22.7. The van der Waals surface area contributed by atoms with Crippen LogP contribution in [0.15, 0.2) is 84.0 Å². The molecule has 3 aromatic rings. The molecular formula is C25H26N4O4S. The summed E-state index contributed by atoms with van der Waals surface area (Å²) in [7, 11) is -3.68. The van der Waals surface area contributed by atoms with Crippen LogP contribution in [0.25, 0.3) is 0 Å². The van der Waals surface area contributed by atoms with Gasteiger partial charge in [-0.25, -0.2) is 13.8 Å². The van der Waals surface area contributed by atoms with Crippen molar-refractivity contribution in [1.29, 1.82) is 0 Å². The van der Waals surface area contributed by atoms with Gasteiger partial charge < -0.3 is 5.32 Å². The first-order chi connectivity index (χ1) is 16.1. The first-order valence-corrected chi connectivity index (χ1v) is 12.3. The Morgan fingerprint density at radius 1 is 0.912 bits per heavy atom. The summed E-state index contributed by atoms with van der Waals surface area (Å²) in [5.74, 6) is -0.739. The van der Waals surface area contributed by atoms with Crippen molar-refractivity contribution in [2.45, 2.75) is 20.4 Å². The predicted octanol–water partition coefficient (Wildman–Crippen LogP) is 3.77. The average Bonchev–Trinajstić information content (AvgIpc) is 2.80. The van der Waals surface area contributed by atoms with Crippen molar-refractivity contribution < 1.29 is 18.0 Å².